The number of fused-ring (bicyclic) bond motifs is 1. The highest BCUT2D eigenvalue weighted by Crippen LogP contribution is 2.26. The normalized spacial score (nSPS) is 14.6. The number of nitrogens with two attached hydrogens (primary N) is 1. The Balaban J connectivity index is 1.86. The lowest BCUT2D eigenvalue weighted by Gasteiger charge is -2.23. The fraction of sp³-hybridized carbons (Fsp3) is 0.312. The van der Waals surface area contributed by atoms with E-state index in [2.05, 4.69) is 34.1 Å². The average molecular weight is 269 g/mol. The monoisotopic (exact) mass is 269 g/mol. The van der Waals surface area contributed by atoms with Gasteiger partial charge in [-0.15, -0.1) is 0 Å². The summed E-state index contributed by atoms with van der Waals surface area (Å²) in [5.41, 5.74) is 9.63. The Kier molecular flexibility index (Phi) is 3.46. The van der Waals surface area contributed by atoms with Crippen molar-refractivity contribution in [2.24, 2.45) is 0 Å². The molecule has 4 heteroatoms. The summed E-state index contributed by atoms with van der Waals surface area (Å²) in [6.07, 6.45) is 2.04. The molecule has 3 rings (SSSR count). The number of rotatable bonds is 2. The molecule has 1 aromatic carbocycles. The molecule has 20 heavy (non-hydrogen) atoms. The molecule has 0 saturated heterocycles. The van der Waals surface area contributed by atoms with Crippen molar-refractivity contribution in [2.75, 3.05) is 30.8 Å². The highest BCUT2D eigenvalue weighted by atomic mass is 16.5. The van der Waals surface area contributed by atoms with Crippen molar-refractivity contribution >= 4 is 11.5 Å². The van der Waals surface area contributed by atoms with Crippen molar-refractivity contribution in [1.82, 2.24) is 4.98 Å². The van der Waals surface area contributed by atoms with Crippen LogP contribution in [0.15, 0.2) is 36.4 Å². The second kappa shape index (κ2) is 5.41. The van der Waals surface area contributed by atoms with E-state index in [1.807, 2.05) is 6.07 Å². The molecule has 1 aromatic heterocycles. The first-order valence-corrected chi connectivity index (χ1v) is 6.90. The second-order valence-corrected chi connectivity index (χ2v) is 5.02. The van der Waals surface area contributed by atoms with Gasteiger partial charge in [0.15, 0.2) is 5.82 Å². The number of anilines is 2. The summed E-state index contributed by atoms with van der Waals surface area (Å²) in [6.45, 7) is 1.86. The number of pyridine rings is 1. The van der Waals surface area contributed by atoms with Crippen LogP contribution in [0.3, 0.4) is 0 Å². The van der Waals surface area contributed by atoms with Gasteiger partial charge in [0.1, 0.15) is 0 Å². The van der Waals surface area contributed by atoms with Gasteiger partial charge in [-0.1, -0.05) is 24.3 Å². The van der Waals surface area contributed by atoms with E-state index in [4.69, 9.17) is 10.5 Å². The highest BCUT2D eigenvalue weighted by molar-refractivity contribution is 5.64. The zero-order chi connectivity index (χ0) is 13.9. The lowest BCUT2D eigenvalue weighted by molar-refractivity contribution is 0.398. The molecule has 2 N–H and O–H groups in total. The standard InChI is InChI=1S/C16H19N3O/c1-20-15-7-6-14(17)16(18-15)19-10-8-12-4-2-3-5-13(12)9-11-19/h2-7H,8-11,17H2,1H3. The van der Waals surface area contributed by atoms with E-state index in [9.17, 15) is 0 Å². The maximum Gasteiger partial charge on any atom is 0.215 e. The van der Waals surface area contributed by atoms with Crippen molar-refractivity contribution in [2.45, 2.75) is 12.8 Å². The van der Waals surface area contributed by atoms with Crippen molar-refractivity contribution in [3.63, 3.8) is 0 Å². The van der Waals surface area contributed by atoms with E-state index in [0.717, 1.165) is 31.7 Å². The summed E-state index contributed by atoms with van der Waals surface area (Å²) in [4.78, 5) is 6.75. The molecule has 0 unspecified atom stereocenters. The summed E-state index contributed by atoms with van der Waals surface area (Å²) < 4.78 is 5.20. The molecular formula is C16H19N3O. The Morgan fingerprint density at radius 1 is 1.05 bits per heavy atom. The number of ether oxygens (including phenoxy) is 1. The third kappa shape index (κ3) is 2.41. The molecule has 0 fully saturated rings. The van der Waals surface area contributed by atoms with Crippen LogP contribution in [0, 0.1) is 0 Å². The van der Waals surface area contributed by atoms with Gasteiger partial charge in [0.05, 0.1) is 12.8 Å². The smallest absolute Gasteiger partial charge is 0.215 e. The Bertz CT molecular complexity index is 585. The minimum atomic E-state index is 0.607. The minimum absolute atomic E-state index is 0.607. The molecule has 0 amide bonds. The molecule has 0 atom stereocenters. The number of hydrogen-bond acceptors (Lipinski definition) is 4. The van der Waals surface area contributed by atoms with Gasteiger partial charge in [0, 0.05) is 19.2 Å². The molecule has 1 aliphatic heterocycles. The molecule has 0 bridgehead atoms. The Hall–Kier alpha value is -2.23. The number of benzene rings is 1. The topological polar surface area (TPSA) is 51.4 Å². The number of nitrogen functional groups attached to an aromatic ring is 1. The molecule has 2 aromatic rings. The van der Waals surface area contributed by atoms with Crippen LogP contribution in [-0.4, -0.2) is 25.2 Å². The second-order valence-electron chi connectivity index (χ2n) is 5.02. The predicted octanol–water partition coefficient (Wildman–Crippen LogP) is 2.28. The highest BCUT2D eigenvalue weighted by Gasteiger charge is 2.17. The number of methoxy groups -OCH3 is 1. The van der Waals surface area contributed by atoms with Gasteiger partial charge in [-0.05, 0) is 30.0 Å². The quantitative estimate of drug-likeness (QED) is 0.908. The third-order valence-electron chi connectivity index (χ3n) is 3.81. The van der Waals surface area contributed by atoms with Crippen LogP contribution in [0.5, 0.6) is 5.88 Å². The van der Waals surface area contributed by atoms with Gasteiger partial charge in [-0.2, -0.15) is 4.98 Å². The Morgan fingerprint density at radius 3 is 2.30 bits per heavy atom. The summed E-state index contributed by atoms with van der Waals surface area (Å²) in [5, 5.41) is 0. The molecule has 2 heterocycles. The van der Waals surface area contributed by atoms with Gasteiger partial charge < -0.3 is 15.4 Å². The number of hydrogen-bond donors (Lipinski definition) is 1. The first-order chi connectivity index (χ1) is 9.78. The van der Waals surface area contributed by atoms with Gasteiger partial charge in [-0.3, -0.25) is 0 Å². The van der Waals surface area contributed by atoms with Crippen molar-refractivity contribution in [1.29, 1.82) is 0 Å². The van der Waals surface area contributed by atoms with E-state index >= 15 is 0 Å². The zero-order valence-corrected chi connectivity index (χ0v) is 11.7. The fourth-order valence-electron chi connectivity index (χ4n) is 2.69. The van der Waals surface area contributed by atoms with E-state index in [-0.39, 0.29) is 0 Å². The molecule has 0 spiro atoms. The van der Waals surface area contributed by atoms with E-state index in [1.165, 1.54) is 11.1 Å². The summed E-state index contributed by atoms with van der Waals surface area (Å²) >= 11 is 0. The lowest BCUT2D eigenvalue weighted by atomic mass is 10.0. The Morgan fingerprint density at radius 2 is 1.70 bits per heavy atom. The SMILES string of the molecule is COc1ccc(N)c(N2CCc3ccccc3CC2)n1. The maximum absolute atomic E-state index is 6.07. The molecule has 1 aliphatic rings. The largest absolute Gasteiger partial charge is 0.481 e. The molecule has 0 saturated carbocycles. The molecule has 0 aliphatic carbocycles. The van der Waals surface area contributed by atoms with E-state index in [0.29, 0.717) is 11.6 Å². The third-order valence-corrected chi connectivity index (χ3v) is 3.81. The van der Waals surface area contributed by atoms with Crippen LogP contribution in [0.2, 0.25) is 0 Å². The van der Waals surface area contributed by atoms with Crippen LogP contribution in [-0.2, 0) is 12.8 Å². The molecule has 4 nitrogen and oxygen atoms in total. The predicted molar refractivity (Wildman–Crippen MR) is 81.3 cm³/mol. The van der Waals surface area contributed by atoms with Crippen molar-refractivity contribution < 1.29 is 4.74 Å². The molecular weight excluding hydrogens is 250 g/mol. The minimum Gasteiger partial charge on any atom is -0.481 e. The van der Waals surface area contributed by atoms with E-state index in [1.54, 1.807) is 13.2 Å². The fourth-order valence-corrected chi connectivity index (χ4v) is 2.69. The summed E-state index contributed by atoms with van der Waals surface area (Å²) in [7, 11) is 1.63. The Labute approximate surface area is 119 Å². The lowest BCUT2D eigenvalue weighted by Crippen LogP contribution is -2.27. The van der Waals surface area contributed by atoms with Gasteiger partial charge in [0.2, 0.25) is 5.88 Å². The first-order valence-electron chi connectivity index (χ1n) is 6.90. The summed E-state index contributed by atoms with van der Waals surface area (Å²) in [6, 6.07) is 12.3. The van der Waals surface area contributed by atoms with Crippen LogP contribution in [0.4, 0.5) is 11.5 Å². The van der Waals surface area contributed by atoms with Crippen LogP contribution >= 0.6 is 0 Å². The van der Waals surface area contributed by atoms with Gasteiger partial charge >= 0.3 is 0 Å². The first kappa shape index (κ1) is 12.8. The van der Waals surface area contributed by atoms with Gasteiger partial charge in [0.25, 0.3) is 0 Å². The molecule has 104 valence electrons. The summed E-state index contributed by atoms with van der Waals surface area (Å²) in [5.74, 6) is 1.44. The molecule has 0 radical (unpaired) electrons. The van der Waals surface area contributed by atoms with Crippen molar-refractivity contribution in [3.05, 3.63) is 47.5 Å². The van der Waals surface area contributed by atoms with E-state index < -0.39 is 0 Å². The van der Waals surface area contributed by atoms with Crippen molar-refractivity contribution in [3.8, 4) is 5.88 Å². The number of nitrogens with zero attached hydrogens (tertiary/aromatic N) is 2. The van der Waals surface area contributed by atoms with Crippen LogP contribution in [0.25, 0.3) is 0 Å². The maximum atomic E-state index is 6.07. The average Bonchev–Trinajstić information content (AvgIpc) is 2.70. The number of aromatic nitrogens is 1. The van der Waals surface area contributed by atoms with Crippen LogP contribution in [0.1, 0.15) is 11.1 Å². The zero-order valence-electron chi connectivity index (χ0n) is 11.7. The van der Waals surface area contributed by atoms with Gasteiger partial charge in [-0.25, -0.2) is 0 Å². The van der Waals surface area contributed by atoms with Crippen LogP contribution < -0.4 is 15.4 Å².